The first kappa shape index (κ1) is 13.2. The predicted molar refractivity (Wildman–Crippen MR) is 64.4 cm³/mol. The van der Waals surface area contributed by atoms with Crippen LogP contribution in [-0.4, -0.2) is 34.2 Å². The summed E-state index contributed by atoms with van der Waals surface area (Å²) in [5.74, 6) is -0.857. The summed E-state index contributed by atoms with van der Waals surface area (Å²) < 4.78 is 1.54. The van der Waals surface area contributed by atoms with Crippen LogP contribution >= 0.6 is 0 Å². The second-order valence-electron chi connectivity index (χ2n) is 4.85. The Balaban J connectivity index is 3.20. The topological polar surface area (TPSA) is 75.4 Å². The first-order valence-electron chi connectivity index (χ1n) is 5.24. The summed E-state index contributed by atoms with van der Waals surface area (Å²) in [6.07, 6.45) is 3.10. The van der Waals surface area contributed by atoms with E-state index in [1.165, 1.54) is 22.7 Å². The number of carbonyl (C=O) groups is 1. The number of nitrogens with zero attached hydrogens (tertiary/aromatic N) is 3. The molecule has 1 N–H and O–H groups in total. The number of carboxylic acids is 1. The maximum Gasteiger partial charge on any atom is 0.323 e. The average molecular weight is 239 g/mol. The molecule has 0 radical (unpaired) electrons. The smallest absolute Gasteiger partial charge is 0.323 e. The third-order valence-electron chi connectivity index (χ3n) is 2.28. The maximum atomic E-state index is 12.1. The van der Waals surface area contributed by atoms with Gasteiger partial charge in [-0.2, -0.15) is 0 Å². The van der Waals surface area contributed by atoms with Crippen molar-refractivity contribution < 1.29 is 9.90 Å². The van der Waals surface area contributed by atoms with Gasteiger partial charge < -0.3 is 14.6 Å². The van der Waals surface area contributed by atoms with E-state index in [9.17, 15) is 9.59 Å². The number of likely N-dealkylation sites (N-methyl/N-ethyl adjacent to an activating group) is 1. The standard InChI is InChI=1S/C11H17N3O3/c1-11(2,3)14-6-5-12-9(10(14)17)13(4)7-8(15)16/h5-6H,7H2,1-4H3,(H,15,16). The van der Waals surface area contributed by atoms with Crippen LogP contribution in [0.1, 0.15) is 20.8 Å². The summed E-state index contributed by atoms with van der Waals surface area (Å²) in [5, 5.41) is 8.69. The number of hydrogen-bond donors (Lipinski definition) is 1. The van der Waals surface area contributed by atoms with Crippen molar-refractivity contribution in [2.24, 2.45) is 0 Å². The van der Waals surface area contributed by atoms with Crippen LogP contribution < -0.4 is 10.5 Å². The number of rotatable bonds is 3. The zero-order valence-electron chi connectivity index (χ0n) is 10.5. The first-order valence-corrected chi connectivity index (χ1v) is 5.24. The highest BCUT2D eigenvalue weighted by atomic mass is 16.4. The molecule has 6 nitrogen and oxygen atoms in total. The molecule has 6 heteroatoms. The zero-order chi connectivity index (χ0) is 13.2. The van der Waals surface area contributed by atoms with Crippen LogP contribution in [-0.2, 0) is 10.3 Å². The van der Waals surface area contributed by atoms with Gasteiger partial charge in [0.2, 0.25) is 0 Å². The Labute approximate surface area is 99.5 Å². The Morgan fingerprint density at radius 2 is 2.12 bits per heavy atom. The van der Waals surface area contributed by atoms with Crippen LogP contribution in [0.4, 0.5) is 5.82 Å². The molecule has 0 amide bonds. The van der Waals surface area contributed by atoms with Gasteiger partial charge in [0.05, 0.1) is 0 Å². The second-order valence-corrected chi connectivity index (χ2v) is 4.85. The van der Waals surface area contributed by atoms with Gasteiger partial charge in [-0.3, -0.25) is 9.59 Å². The highest BCUT2D eigenvalue weighted by Crippen LogP contribution is 2.11. The van der Waals surface area contributed by atoms with Gasteiger partial charge in [-0.15, -0.1) is 0 Å². The van der Waals surface area contributed by atoms with Crippen molar-refractivity contribution in [3.8, 4) is 0 Å². The Kier molecular flexibility index (Phi) is 3.55. The van der Waals surface area contributed by atoms with E-state index in [1.54, 1.807) is 6.20 Å². The van der Waals surface area contributed by atoms with E-state index in [0.717, 1.165) is 0 Å². The van der Waals surface area contributed by atoms with Crippen molar-refractivity contribution in [3.05, 3.63) is 22.7 Å². The molecule has 1 aromatic rings. The Morgan fingerprint density at radius 1 is 1.53 bits per heavy atom. The Morgan fingerprint density at radius 3 is 2.59 bits per heavy atom. The third kappa shape index (κ3) is 3.05. The predicted octanol–water partition coefficient (Wildman–Crippen LogP) is 0.519. The minimum atomic E-state index is -1.00. The fraction of sp³-hybridized carbons (Fsp3) is 0.545. The van der Waals surface area contributed by atoms with Gasteiger partial charge in [0, 0.05) is 25.0 Å². The molecule has 0 aliphatic heterocycles. The molecule has 0 saturated heterocycles. The molecular weight excluding hydrogens is 222 g/mol. The van der Waals surface area contributed by atoms with Crippen LogP contribution in [0.15, 0.2) is 17.2 Å². The molecule has 1 aromatic heterocycles. The summed E-state index contributed by atoms with van der Waals surface area (Å²) in [7, 11) is 1.53. The molecule has 0 spiro atoms. The van der Waals surface area contributed by atoms with Crippen molar-refractivity contribution in [1.82, 2.24) is 9.55 Å². The molecule has 94 valence electrons. The van der Waals surface area contributed by atoms with Crippen molar-refractivity contribution in [2.45, 2.75) is 26.3 Å². The largest absolute Gasteiger partial charge is 0.480 e. The van der Waals surface area contributed by atoms with Crippen molar-refractivity contribution in [2.75, 3.05) is 18.5 Å². The Bertz CT molecular complexity index is 474. The fourth-order valence-electron chi connectivity index (χ4n) is 1.47. The van der Waals surface area contributed by atoms with Gasteiger partial charge in [0.25, 0.3) is 5.56 Å². The normalized spacial score (nSPS) is 11.3. The summed E-state index contributed by atoms with van der Waals surface area (Å²) in [4.78, 5) is 28.0. The highest BCUT2D eigenvalue weighted by molar-refractivity contribution is 5.72. The Hall–Kier alpha value is -1.85. The summed E-state index contributed by atoms with van der Waals surface area (Å²) >= 11 is 0. The molecular formula is C11H17N3O3. The molecule has 1 rings (SSSR count). The molecule has 0 aromatic carbocycles. The number of hydrogen-bond acceptors (Lipinski definition) is 4. The molecule has 1 heterocycles. The highest BCUT2D eigenvalue weighted by Gasteiger charge is 2.19. The van der Waals surface area contributed by atoms with Crippen molar-refractivity contribution in [1.29, 1.82) is 0 Å². The number of aromatic nitrogens is 2. The fourth-order valence-corrected chi connectivity index (χ4v) is 1.47. The SMILES string of the molecule is CN(CC(=O)O)c1nccn(C(C)(C)C)c1=O. The first-order chi connectivity index (χ1) is 7.73. The molecule has 0 aliphatic rings. The lowest BCUT2D eigenvalue weighted by Gasteiger charge is -2.24. The van der Waals surface area contributed by atoms with E-state index in [4.69, 9.17) is 5.11 Å². The summed E-state index contributed by atoms with van der Waals surface area (Å²) in [6, 6.07) is 0. The van der Waals surface area contributed by atoms with Crippen LogP contribution in [0.5, 0.6) is 0 Å². The number of anilines is 1. The molecule has 0 aliphatic carbocycles. The molecule has 0 saturated carbocycles. The monoisotopic (exact) mass is 239 g/mol. The quantitative estimate of drug-likeness (QED) is 0.832. The van der Waals surface area contributed by atoms with Gasteiger partial charge >= 0.3 is 5.97 Å². The maximum absolute atomic E-state index is 12.1. The van der Waals surface area contributed by atoms with Crippen LogP contribution in [0, 0.1) is 0 Å². The van der Waals surface area contributed by atoms with Gasteiger partial charge in [-0.1, -0.05) is 0 Å². The van der Waals surface area contributed by atoms with Gasteiger partial charge in [-0.25, -0.2) is 4.98 Å². The number of carboxylic acid groups (broad SMARTS) is 1. The molecule has 17 heavy (non-hydrogen) atoms. The van der Waals surface area contributed by atoms with E-state index in [-0.39, 0.29) is 23.5 Å². The third-order valence-corrected chi connectivity index (χ3v) is 2.28. The van der Waals surface area contributed by atoms with Crippen molar-refractivity contribution in [3.63, 3.8) is 0 Å². The lowest BCUT2D eigenvalue weighted by Crippen LogP contribution is -2.39. The molecule has 0 unspecified atom stereocenters. The van der Waals surface area contributed by atoms with Crippen LogP contribution in [0.3, 0.4) is 0 Å². The van der Waals surface area contributed by atoms with Gasteiger partial charge in [0.15, 0.2) is 5.82 Å². The summed E-state index contributed by atoms with van der Waals surface area (Å²) in [5.41, 5.74) is -0.650. The lowest BCUT2D eigenvalue weighted by atomic mass is 10.1. The van der Waals surface area contributed by atoms with E-state index in [0.29, 0.717) is 0 Å². The minimum Gasteiger partial charge on any atom is -0.480 e. The number of aliphatic carboxylic acids is 1. The summed E-state index contributed by atoms with van der Waals surface area (Å²) in [6.45, 7) is 5.44. The molecule has 0 fully saturated rings. The molecule has 0 atom stereocenters. The van der Waals surface area contributed by atoms with Crippen molar-refractivity contribution >= 4 is 11.8 Å². The van der Waals surface area contributed by atoms with Gasteiger partial charge in [0.1, 0.15) is 6.54 Å². The second kappa shape index (κ2) is 4.57. The van der Waals surface area contributed by atoms with Gasteiger partial charge in [-0.05, 0) is 20.8 Å². The van der Waals surface area contributed by atoms with E-state index in [1.807, 2.05) is 20.8 Å². The van der Waals surface area contributed by atoms with Crippen LogP contribution in [0.2, 0.25) is 0 Å². The zero-order valence-corrected chi connectivity index (χ0v) is 10.5. The van der Waals surface area contributed by atoms with E-state index < -0.39 is 5.97 Å². The molecule has 0 bridgehead atoms. The lowest BCUT2D eigenvalue weighted by molar-refractivity contribution is -0.135. The van der Waals surface area contributed by atoms with E-state index >= 15 is 0 Å². The minimum absolute atomic E-state index is 0.143. The van der Waals surface area contributed by atoms with Crippen LogP contribution in [0.25, 0.3) is 0 Å². The average Bonchev–Trinajstić information content (AvgIpc) is 2.14. The van der Waals surface area contributed by atoms with E-state index in [2.05, 4.69) is 4.98 Å².